The Hall–Kier alpha value is -7.98. The first kappa shape index (κ1) is 36.7. The normalized spacial score (nSPS) is 13.4. The van der Waals surface area contributed by atoms with Gasteiger partial charge in [0.25, 0.3) is 0 Å². The number of hydrogen-bond donors (Lipinski definition) is 0. The summed E-state index contributed by atoms with van der Waals surface area (Å²) in [5.41, 5.74) is 17.3. The highest BCUT2D eigenvalue weighted by Gasteiger charge is 2.46. The maximum atomic E-state index is 6.72. The predicted octanol–water partition coefficient (Wildman–Crippen LogP) is 13.6. The van der Waals surface area contributed by atoms with E-state index in [1.807, 2.05) is 0 Å². The molecule has 1 radical (unpaired) electrons. The van der Waals surface area contributed by atoms with E-state index in [0.717, 1.165) is 33.8 Å². The Kier molecular flexibility index (Phi) is 8.34. The molecule has 0 amide bonds. The van der Waals surface area contributed by atoms with Crippen molar-refractivity contribution in [1.82, 2.24) is 0 Å². The maximum absolute atomic E-state index is 6.72. The molecule has 0 fully saturated rings. The van der Waals surface area contributed by atoms with Crippen LogP contribution < -0.4 is 20.5 Å². The van der Waals surface area contributed by atoms with Crippen LogP contribution in [0.5, 0.6) is 0 Å². The standard InChI is InChI=1S/C61H40NOSi/c1-5-18-42(19-6-1)61(43-20-7-2-8-21-43)52-29-15-13-26-49(52)50-37-36-46(40-53(50)61)62(44-22-9-3-10-23-44)45-34-32-41(33-35-45)48-28-17-30-54-58(48)60-55(63-54)38-39-57-59(60)51-27-14-16-31-56(51)64(57)47-24-11-4-12-25-47/h1-40H. The van der Waals surface area contributed by atoms with E-state index in [0.29, 0.717) is 0 Å². The molecule has 13 rings (SSSR count). The number of anilines is 3. The summed E-state index contributed by atoms with van der Waals surface area (Å²) in [6.45, 7) is 0. The third kappa shape index (κ3) is 5.38. The van der Waals surface area contributed by atoms with Crippen molar-refractivity contribution in [2.24, 2.45) is 0 Å². The van der Waals surface area contributed by atoms with Crippen molar-refractivity contribution in [1.29, 1.82) is 0 Å². The van der Waals surface area contributed by atoms with Crippen LogP contribution in [0.4, 0.5) is 17.1 Å². The molecule has 0 N–H and O–H groups in total. The van der Waals surface area contributed by atoms with Gasteiger partial charge in [0.1, 0.15) is 11.2 Å². The second-order valence-corrected chi connectivity index (χ2v) is 19.3. The topological polar surface area (TPSA) is 16.4 Å². The van der Waals surface area contributed by atoms with Gasteiger partial charge in [0.2, 0.25) is 0 Å². The number of furan rings is 1. The van der Waals surface area contributed by atoms with Gasteiger partial charge in [-0.2, -0.15) is 0 Å². The van der Waals surface area contributed by atoms with Gasteiger partial charge in [0.15, 0.2) is 8.80 Å². The van der Waals surface area contributed by atoms with E-state index in [-0.39, 0.29) is 0 Å². The highest BCUT2D eigenvalue weighted by atomic mass is 28.3. The number of fused-ring (bicyclic) bond motifs is 10. The fourth-order valence-electron chi connectivity index (χ4n) is 11.0. The van der Waals surface area contributed by atoms with E-state index in [4.69, 9.17) is 4.42 Å². The van der Waals surface area contributed by atoms with Crippen LogP contribution in [0, 0.1) is 0 Å². The average molecular weight is 831 g/mol. The summed E-state index contributed by atoms with van der Waals surface area (Å²) in [5, 5.41) is 6.66. The van der Waals surface area contributed by atoms with Crippen molar-refractivity contribution < 1.29 is 4.42 Å². The SMILES string of the molecule is c1ccc(N(c2ccc(-c3cccc4oc5ccc6c(c5c34)-c3ccccc3[Si]6c3ccccc3)cc2)c2ccc3c(c2)C(c2ccccc2)(c2ccccc2)c2ccccc2-3)cc1. The lowest BCUT2D eigenvalue weighted by Gasteiger charge is -2.35. The molecular weight excluding hydrogens is 791 g/mol. The Morgan fingerprint density at radius 1 is 0.359 bits per heavy atom. The largest absolute Gasteiger partial charge is 0.456 e. The monoisotopic (exact) mass is 830 g/mol. The molecule has 0 unspecified atom stereocenters. The molecule has 3 heteroatoms. The number of nitrogens with zero attached hydrogens (tertiary/aromatic N) is 1. The third-order valence-corrected chi connectivity index (χ3v) is 16.5. The second-order valence-electron chi connectivity index (χ2n) is 16.9. The van der Waals surface area contributed by atoms with Crippen LogP contribution in [-0.4, -0.2) is 8.80 Å². The van der Waals surface area contributed by atoms with E-state index in [9.17, 15) is 0 Å². The lowest BCUT2D eigenvalue weighted by Crippen LogP contribution is -2.48. The molecular formula is C61H40NOSi. The van der Waals surface area contributed by atoms with Gasteiger partial charge in [-0.15, -0.1) is 0 Å². The van der Waals surface area contributed by atoms with E-state index in [1.54, 1.807) is 0 Å². The van der Waals surface area contributed by atoms with Gasteiger partial charge >= 0.3 is 0 Å². The van der Waals surface area contributed by atoms with Gasteiger partial charge in [-0.25, -0.2) is 0 Å². The van der Waals surface area contributed by atoms with Crippen molar-refractivity contribution in [2.75, 3.05) is 4.90 Å². The minimum absolute atomic E-state index is 0.494. The smallest absolute Gasteiger partial charge is 0.156 e. The average Bonchev–Trinajstić information content (AvgIpc) is 4.02. The highest BCUT2D eigenvalue weighted by Crippen LogP contribution is 2.57. The van der Waals surface area contributed by atoms with Gasteiger partial charge in [-0.3, -0.25) is 0 Å². The first-order chi connectivity index (χ1) is 31.8. The molecule has 2 heterocycles. The summed E-state index contributed by atoms with van der Waals surface area (Å²) < 4.78 is 6.72. The summed E-state index contributed by atoms with van der Waals surface area (Å²) in [6.07, 6.45) is 0. The molecule has 0 saturated heterocycles. The van der Waals surface area contributed by atoms with Crippen LogP contribution in [-0.2, 0) is 5.41 Å². The van der Waals surface area contributed by atoms with Gasteiger partial charge < -0.3 is 9.32 Å². The minimum atomic E-state index is -1.19. The van der Waals surface area contributed by atoms with Gasteiger partial charge in [-0.1, -0.05) is 199 Å². The van der Waals surface area contributed by atoms with Crippen molar-refractivity contribution in [3.05, 3.63) is 265 Å². The van der Waals surface area contributed by atoms with E-state index in [2.05, 4.69) is 248 Å². The van der Waals surface area contributed by atoms with Crippen LogP contribution in [0.15, 0.2) is 247 Å². The van der Waals surface area contributed by atoms with E-state index in [1.165, 1.54) is 76.4 Å². The molecule has 64 heavy (non-hydrogen) atoms. The summed E-state index contributed by atoms with van der Waals surface area (Å²) in [7, 11) is -1.19. The molecule has 299 valence electrons. The Balaban J connectivity index is 0.975. The molecule has 0 saturated carbocycles. The zero-order chi connectivity index (χ0) is 42.2. The summed E-state index contributed by atoms with van der Waals surface area (Å²) in [4.78, 5) is 2.40. The van der Waals surface area contributed by atoms with E-state index >= 15 is 0 Å². The molecule has 1 aliphatic heterocycles. The zero-order valence-corrected chi connectivity index (χ0v) is 35.9. The summed E-state index contributed by atoms with van der Waals surface area (Å²) in [6, 6.07) is 89.2. The summed E-state index contributed by atoms with van der Waals surface area (Å²) >= 11 is 0. The highest BCUT2D eigenvalue weighted by molar-refractivity contribution is 6.99. The maximum Gasteiger partial charge on any atom is 0.156 e. The molecule has 2 nitrogen and oxygen atoms in total. The first-order valence-corrected chi connectivity index (χ1v) is 23.6. The fourth-order valence-corrected chi connectivity index (χ4v) is 13.9. The van der Waals surface area contributed by atoms with Gasteiger partial charge in [-0.05, 0) is 115 Å². The Labute approximate surface area is 374 Å². The molecule has 10 aromatic carbocycles. The number of para-hydroxylation sites is 1. The molecule has 0 atom stereocenters. The molecule has 0 bridgehead atoms. The number of hydrogen-bond acceptors (Lipinski definition) is 2. The number of benzene rings is 10. The summed E-state index contributed by atoms with van der Waals surface area (Å²) in [5.74, 6) is 0. The quantitative estimate of drug-likeness (QED) is 0.149. The lowest BCUT2D eigenvalue weighted by molar-refractivity contribution is 0.669. The Morgan fingerprint density at radius 3 is 1.66 bits per heavy atom. The molecule has 0 spiro atoms. The van der Waals surface area contributed by atoms with Crippen LogP contribution >= 0.6 is 0 Å². The third-order valence-electron chi connectivity index (χ3n) is 13.6. The van der Waals surface area contributed by atoms with Crippen molar-refractivity contribution in [2.45, 2.75) is 5.41 Å². The van der Waals surface area contributed by atoms with Gasteiger partial charge in [0, 0.05) is 27.8 Å². The minimum Gasteiger partial charge on any atom is -0.456 e. The molecule has 1 aromatic heterocycles. The predicted molar refractivity (Wildman–Crippen MR) is 268 cm³/mol. The molecule has 1 aliphatic carbocycles. The van der Waals surface area contributed by atoms with Crippen molar-refractivity contribution in [3.63, 3.8) is 0 Å². The van der Waals surface area contributed by atoms with E-state index < -0.39 is 14.2 Å². The van der Waals surface area contributed by atoms with Crippen LogP contribution in [0.3, 0.4) is 0 Å². The Morgan fingerprint density at radius 2 is 0.922 bits per heavy atom. The van der Waals surface area contributed by atoms with Gasteiger partial charge in [0.05, 0.1) is 5.41 Å². The molecule has 2 aliphatic rings. The van der Waals surface area contributed by atoms with Crippen LogP contribution in [0.25, 0.3) is 55.3 Å². The van der Waals surface area contributed by atoms with Crippen molar-refractivity contribution >= 4 is 63.4 Å². The zero-order valence-electron chi connectivity index (χ0n) is 34.9. The first-order valence-electron chi connectivity index (χ1n) is 22.1. The fraction of sp³-hybridized carbons (Fsp3) is 0.0164. The molecule has 11 aromatic rings. The Bertz CT molecular complexity index is 3500. The number of rotatable bonds is 7. The van der Waals surface area contributed by atoms with Crippen LogP contribution in [0.1, 0.15) is 22.3 Å². The van der Waals surface area contributed by atoms with Crippen LogP contribution in [0.2, 0.25) is 0 Å². The van der Waals surface area contributed by atoms with Crippen molar-refractivity contribution in [3.8, 4) is 33.4 Å². The lowest BCUT2D eigenvalue weighted by atomic mass is 9.67. The second kappa shape index (κ2) is 14.6.